The fourth-order valence-corrected chi connectivity index (χ4v) is 3.94. The number of carbonyl (C=O) groups excluding carboxylic acids is 1. The lowest BCUT2D eigenvalue weighted by Gasteiger charge is -2.28. The molecule has 1 aliphatic rings. The molecule has 9 heteroatoms. The monoisotopic (exact) mass is 407 g/mol. The summed E-state index contributed by atoms with van der Waals surface area (Å²) in [5.41, 5.74) is 3.80. The molecular formula is C18H20ClN4O3S+. The smallest absolute Gasteiger partial charge is 0.324 e. The van der Waals surface area contributed by atoms with E-state index in [1.807, 2.05) is 24.3 Å². The van der Waals surface area contributed by atoms with Gasteiger partial charge in [-0.2, -0.15) is 5.10 Å². The predicted octanol–water partition coefficient (Wildman–Crippen LogP) is 2.25. The summed E-state index contributed by atoms with van der Waals surface area (Å²) >= 11 is 6.93. The second-order valence-electron chi connectivity index (χ2n) is 6.49. The molecule has 1 amide bonds. The van der Waals surface area contributed by atoms with Crippen molar-refractivity contribution >= 4 is 40.1 Å². The number of nitrogens with one attached hydrogen (secondary N) is 2. The number of thiophene rings is 1. The third-order valence-electron chi connectivity index (χ3n) is 4.59. The topological polar surface area (TPSA) is 89.0 Å². The molecule has 142 valence electrons. The van der Waals surface area contributed by atoms with Crippen LogP contribution in [-0.4, -0.2) is 30.1 Å². The Morgan fingerprint density at radius 3 is 2.63 bits per heavy atom. The van der Waals surface area contributed by atoms with E-state index in [0.717, 1.165) is 48.8 Å². The van der Waals surface area contributed by atoms with Crippen LogP contribution in [0.25, 0.3) is 0 Å². The van der Waals surface area contributed by atoms with Gasteiger partial charge in [-0.25, -0.2) is 5.43 Å². The van der Waals surface area contributed by atoms with Crippen LogP contribution in [0.3, 0.4) is 0 Å². The molecule has 3 rings (SSSR count). The van der Waals surface area contributed by atoms with Crippen LogP contribution in [0.1, 0.15) is 23.3 Å². The minimum atomic E-state index is -0.444. The van der Waals surface area contributed by atoms with Gasteiger partial charge >= 0.3 is 5.00 Å². The van der Waals surface area contributed by atoms with E-state index >= 15 is 0 Å². The third-order valence-corrected chi connectivity index (χ3v) is 5.81. The first-order chi connectivity index (χ1) is 13.0. The standard InChI is InChI=1S/C18H19ClN4O3S/c19-15-3-1-13(2-4-15)12-22-9-7-14(8-10-22)18(24)21-20-11-16-5-6-17(27-16)23(25)26/h1-6,11,14H,7-10,12H2,(H,21,24)/p+1/b20-11-. The molecule has 2 heterocycles. The van der Waals surface area contributed by atoms with Gasteiger partial charge in [0.2, 0.25) is 5.91 Å². The van der Waals surface area contributed by atoms with Crippen molar-refractivity contribution in [3.05, 3.63) is 62.0 Å². The van der Waals surface area contributed by atoms with E-state index in [4.69, 9.17) is 11.6 Å². The summed E-state index contributed by atoms with van der Waals surface area (Å²) in [4.78, 5) is 24.5. The number of carbonyl (C=O) groups is 1. The molecule has 0 unspecified atom stereocenters. The Morgan fingerprint density at radius 2 is 2.00 bits per heavy atom. The number of quaternary nitrogens is 1. The van der Waals surface area contributed by atoms with Crippen LogP contribution in [0.15, 0.2) is 41.5 Å². The lowest BCUT2D eigenvalue weighted by atomic mass is 9.96. The van der Waals surface area contributed by atoms with Crippen molar-refractivity contribution in [1.29, 1.82) is 0 Å². The number of hydrazone groups is 1. The Labute approximate surface area is 165 Å². The highest BCUT2D eigenvalue weighted by Crippen LogP contribution is 2.22. The van der Waals surface area contributed by atoms with Crippen molar-refractivity contribution in [1.82, 2.24) is 5.43 Å². The lowest BCUT2D eigenvalue weighted by molar-refractivity contribution is -0.919. The molecule has 0 aliphatic carbocycles. The van der Waals surface area contributed by atoms with Crippen LogP contribution in [-0.2, 0) is 11.3 Å². The number of likely N-dealkylation sites (tertiary alicyclic amines) is 1. The minimum Gasteiger partial charge on any atom is -0.331 e. The fourth-order valence-electron chi connectivity index (χ4n) is 3.12. The molecule has 1 saturated heterocycles. The molecule has 0 spiro atoms. The summed E-state index contributed by atoms with van der Waals surface area (Å²) in [6, 6.07) is 10.9. The average molecular weight is 408 g/mol. The first-order valence-electron chi connectivity index (χ1n) is 8.66. The van der Waals surface area contributed by atoms with Gasteiger partial charge in [-0.15, -0.1) is 0 Å². The van der Waals surface area contributed by atoms with Crippen LogP contribution in [0, 0.1) is 16.0 Å². The van der Waals surface area contributed by atoms with Gasteiger partial charge in [0.15, 0.2) is 0 Å². The Kier molecular flexibility index (Phi) is 6.54. The molecule has 1 aromatic carbocycles. The predicted molar refractivity (Wildman–Crippen MR) is 105 cm³/mol. The number of halogens is 1. The van der Waals surface area contributed by atoms with Crippen molar-refractivity contribution in [3.8, 4) is 0 Å². The zero-order valence-electron chi connectivity index (χ0n) is 14.6. The SMILES string of the molecule is O=C(N/N=C\c1ccc([N+](=O)[O-])s1)C1CC[NH+](Cc2ccc(Cl)cc2)CC1. The maximum atomic E-state index is 12.3. The number of rotatable bonds is 6. The second kappa shape index (κ2) is 9.07. The number of amides is 1. The highest BCUT2D eigenvalue weighted by Gasteiger charge is 2.27. The molecule has 0 bridgehead atoms. The van der Waals surface area contributed by atoms with E-state index in [-0.39, 0.29) is 16.8 Å². The first-order valence-corrected chi connectivity index (χ1v) is 9.86. The largest absolute Gasteiger partial charge is 0.331 e. The maximum Gasteiger partial charge on any atom is 0.324 e. The van der Waals surface area contributed by atoms with Gasteiger partial charge in [0, 0.05) is 29.5 Å². The van der Waals surface area contributed by atoms with E-state index in [0.29, 0.717) is 4.88 Å². The zero-order valence-corrected chi connectivity index (χ0v) is 16.1. The van der Waals surface area contributed by atoms with Crippen molar-refractivity contribution in [3.63, 3.8) is 0 Å². The Morgan fingerprint density at radius 1 is 1.30 bits per heavy atom. The molecule has 2 N–H and O–H groups in total. The molecule has 0 saturated carbocycles. The molecule has 2 aromatic rings. The molecule has 7 nitrogen and oxygen atoms in total. The Bertz CT molecular complexity index is 829. The van der Waals surface area contributed by atoms with E-state index in [9.17, 15) is 14.9 Å². The van der Waals surface area contributed by atoms with E-state index in [1.165, 1.54) is 22.7 Å². The van der Waals surface area contributed by atoms with Gasteiger partial charge in [-0.05, 0) is 18.2 Å². The lowest BCUT2D eigenvalue weighted by Crippen LogP contribution is -3.11. The number of piperidine rings is 1. The van der Waals surface area contributed by atoms with Crippen molar-refractivity contribution in [2.75, 3.05) is 13.1 Å². The minimum absolute atomic E-state index is 0.0474. The van der Waals surface area contributed by atoms with Gasteiger partial charge in [0.05, 0.1) is 35.0 Å². The van der Waals surface area contributed by atoms with Gasteiger partial charge in [0.25, 0.3) is 0 Å². The Balaban J connectivity index is 1.43. The highest BCUT2D eigenvalue weighted by atomic mass is 35.5. The highest BCUT2D eigenvalue weighted by molar-refractivity contribution is 7.16. The summed E-state index contributed by atoms with van der Waals surface area (Å²) in [5, 5.41) is 15.4. The molecule has 0 atom stereocenters. The van der Waals surface area contributed by atoms with Crippen molar-refractivity contribution in [2.24, 2.45) is 11.0 Å². The van der Waals surface area contributed by atoms with Gasteiger partial charge < -0.3 is 4.90 Å². The van der Waals surface area contributed by atoms with Gasteiger partial charge in [0.1, 0.15) is 6.54 Å². The molecule has 27 heavy (non-hydrogen) atoms. The summed E-state index contributed by atoms with van der Waals surface area (Å²) in [6.45, 7) is 2.80. The second-order valence-corrected chi connectivity index (χ2v) is 8.03. The Hall–Kier alpha value is -2.29. The first kappa shape index (κ1) is 19.5. The number of nitro groups is 1. The molecule has 0 radical (unpaired) electrons. The normalized spacial score (nSPS) is 19.9. The van der Waals surface area contributed by atoms with Gasteiger partial charge in [-0.1, -0.05) is 35.1 Å². The van der Waals surface area contributed by atoms with Crippen molar-refractivity contribution < 1.29 is 14.6 Å². The van der Waals surface area contributed by atoms with Crippen molar-refractivity contribution in [2.45, 2.75) is 19.4 Å². The average Bonchev–Trinajstić information content (AvgIpc) is 3.13. The molecule has 1 aromatic heterocycles. The fraction of sp³-hybridized carbons (Fsp3) is 0.333. The number of nitrogens with zero attached hydrogens (tertiary/aromatic N) is 2. The molecule has 1 fully saturated rings. The number of benzene rings is 1. The van der Waals surface area contributed by atoms with E-state index in [2.05, 4.69) is 10.5 Å². The van der Waals surface area contributed by atoms with Crippen LogP contribution >= 0.6 is 22.9 Å². The summed E-state index contributed by atoms with van der Waals surface area (Å²) in [6.07, 6.45) is 3.07. The molecular weight excluding hydrogens is 388 g/mol. The van der Waals surface area contributed by atoms with E-state index < -0.39 is 4.92 Å². The van der Waals surface area contributed by atoms with Crippen LogP contribution in [0.5, 0.6) is 0 Å². The maximum absolute atomic E-state index is 12.3. The van der Waals surface area contributed by atoms with Crippen LogP contribution in [0.4, 0.5) is 5.00 Å². The summed E-state index contributed by atoms with van der Waals surface area (Å²) in [5.74, 6) is -0.142. The quantitative estimate of drug-likeness (QED) is 0.437. The molecule has 1 aliphatic heterocycles. The van der Waals surface area contributed by atoms with Gasteiger partial charge in [-0.3, -0.25) is 14.9 Å². The van der Waals surface area contributed by atoms with Crippen LogP contribution in [0.2, 0.25) is 5.02 Å². The summed E-state index contributed by atoms with van der Waals surface area (Å²) < 4.78 is 0. The third kappa shape index (κ3) is 5.59. The van der Waals surface area contributed by atoms with E-state index in [1.54, 1.807) is 6.07 Å². The zero-order chi connectivity index (χ0) is 19.2. The number of hydrogen-bond acceptors (Lipinski definition) is 5. The van der Waals surface area contributed by atoms with Crippen LogP contribution < -0.4 is 10.3 Å². The number of hydrogen-bond donors (Lipinski definition) is 2. The summed E-state index contributed by atoms with van der Waals surface area (Å²) in [7, 11) is 0.